The Hall–Kier alpha value is -1.43. The smallest absolute Gasteiger partial charge is 0.121 e. The van der Waals surface area contributed by atoms with Gasteiger partial charge in [0.2, 0.25) is 0 Å². The molecule has 1 atom stereocenters. The largest absolute Gasteiger partial charge is 0.497 e. The van der Waals surface area contributed by atoms with Crippen LogP contribution in [0.5, 0.6) is 5.75 Å². The molecule has 5 nitrogen and oxygen atoms in total. The summed E-state index contributed by atoms with van der Waals surface area (Å²) < 4.78 is 11.2. The van der Waals surface area contributed by atoms with Crippen molar-refractivity contribution in [3.05, 3.63) is 28.8 Å². The number of nitrogens with zero attached hydrogens (tertiary/aromatic N) is 1. The summed E-state index contributed by atoms with van der Waals surface area (Å²) in [6, 6.07) is 6.32. The summed E-state index contributed by atoms with van der Waals surface area (Å²) in [4.78, 5) is 4.90. The molecule has 1 aromatic carbocycles. The molecular weight excluding hydrogens is 340 g/mol. The standard InChI is InChI=1S/C22H32N2O3/c1-26-19-3-2-18-12-20(24-21(18)13-19)17-4-8-22(25,9-5-17)15-27-14-16-6-10-23-11-7-16/h2-3,12-13,16-17,20,23,25H,4-11,14-15H2,1H3. The molecule has 1 saturated heterocycles. The maximum atomic E-state index is 10.9. The van der Waals surface area contributed by atoms with Gasteiger partial charge in [-0.15, -0.1) is 0 Å². The first-order chi connectivity index (χ1) is 13.1. The first kappa shape index (κ1) is 18.9. The number of fused-ring (bicyclic) bond motifs is 1. The van der Waals surface area contributed by atoms with Gasteiger partial charge in [-0.2, -0.15) is 0 Å². The van der Waals surface area contributed by atoms with Gasteiger partial charge in [0.15, 0.2) is 0 Å². The van der Waals surface area contributed by atoms with Gasteiger partial charge < -0.3 is 19.9 Å². The molecule has 27 heavy (non-hydrogen) atoms. The summed E-state index contributed by atoms with van der Waals surface area (Å²) in [6.45, 7) is 3.45. The van der Waals surface area contributed by atoms with E-state index in [2.05, 4.69) is 17.5 Å². The first-order valence-electron chi connectivity index (χ1n) is 10.4. The lowest BCUT2D eigenvalue weighted by molar-refractivity contribution is -0.0830. The molecule has 1 aromatic rings. The molecular formula is C22H32N2O3. The molecule has 2 aliphatic heterocycles. The second-order valence-corrected chi connectivity index (χ2v) is 8.48. The van der Waals surface area contributed by atoms with Gasteiger partial charge in [0, 0.05) is 12.7 Å². The van der Waals surface area contributed by atoms with Crippen molar-refractivity contribution in [2.45, 2.75) is 50.2 Å². The number of piperidine rings is 1. The summed E-state index contributed by atoms with van der Waals surface area (Å²) in [5.41, 5.74) is -0.655. The molecule has 2 fully saturated rings. The zero-order chi connectivity index (χ0) is 18.7. The molecule has 1 saturated carbocycles. The van der Waals surface area contributed by atoms with Crippen molar-refractivity contribution in [1.82, 2.24) is 5.32 Å². The van der Waals surface area contributed by atoms with Crippen LogP contribution in [-0.2, 0) is 4.74 Å². The predicted molar refractivity (Wildman–Crippen MR) is 105 cm³/mol. The zero-order valence-corrected chi connectivity index (χ0v) is 16.3. The van der Waals surface area contributed by atoms with E-state index in [4.69, 9.17) is 14.5 Å². The molecule has 148 valence electrons. The number of benzene rings is 1. The van der Waals surface area contributed by atoms with Crippen LogP contribution >= 0.6 is 0 Å². The van der Waals surface area contributed by atoms with Gasteiger partial charge in [-0.3, -0.25) is 4.99 Å². The van der Waals surface area contributed by atoms with Crippen molar-refractivity contribution in [2.24, 2.45) is 16.8 Å². The maximum absolute atomic E-state index is 10.9. The first-order valence-corrected chi connectivity index (χ1v) is 10.4. The Morgan fingerprint density at radius 2 is 1.96 bits per heavy atom. The molecule has 2 N–H and O–H groups in total. The van der Waals surface area contributed by atoms with Crippen LogP contribution in [0.3, 0.4) is 0 Å². The summed E-state index contributed by atoms with van der Waals surface area (Å²) in [5, 5.41) is 16.5. The summed E-state index contributed by atoms with van der Waals surface area (Å²) in [5.74, 6) is 2.01. The highest BCUT2D eigenvalue weighted by Crippen LogP contribution is 2.35. The SMILES string of the molecule is COc1ccc2c(c1)=NC(C1CCC(O)(COCC3CCNCC3)CC1)C=2. The van der Waals surface area contributed by atoms with Crippen LogP contribution in [0.4, 0.5) is 0 Å². The van der Waals surface area contributed by atoms with Gasteiger partial charge in [-0.25, -0.2) is 0 Å². The molecule has 4 rings (SSSR count). The van der Waals surface area contributed by atoms with Gasteiger partial charge in [0.05, 0.1) is 30.7 Å². The minimum atomic E-state index is -0.655. The van der Waals surface area contributed by atoms with E-state index < -0.39 is 5.60 Å². The summed E-state index contributed by atoms with van der Waals surface area (Å²) >= 11 is 0. The van der Waals surface area contributed by atoms with Gasteiger partial charge >= 0.3 is 0 Å². The van der Waals surface area contributed by atoms with Gasteiger partial charge in [-0.05, 0) is 80.8 Å². The quantitative estimate of drug-likeness (QED) is 0.793. The van der Waals surface area contributed by atoms with Crippen LogP contribution in [0.2, 0.25) is 0 Å². The third-order valence-electron chi connectivity index (χ3n) is 6.50. The molecule has 0 radical (unpaired) electrons. The minimum absolute atomic E-state index is 0.229. The minimum Gasteiger partial charge on any atom is -0.497 e. The van der Waals surface area contributed by atoms with Crippen molar-refractivity contribution in [1.29, 1.82) is 0 Å². The molecule has 2 heterocycles. The van der Waals surface area contributed by atoms with E-state index in [1.165, 1.54) is 18.1 Å². The third-order valence-corrected chi connectivity index (χ3v) is 6.50. The molecule has 5 heteroatoms. The number of methoxy groups -OCH3 is 1. The number of hydrogen-bond acceptors (Lipinski definition) is 5. The topological polar surface area (TPSA) is 63.1 Å². The van der Waals surface area contributed by atoms with E-state index in [1.54, 1.807) is 7.11 Å². The van der Waals surface area contributed by atoms with E-state index in [9.17, 15) is 5.11 Å². The highest BCUT2D eigenvalue weighted by molar-refractivity contribution is 5.38. The summed E-state index contributed by atoms with van der Waals surface area (Å²) in [7, 11) is 1.69. The molecule has 0 bridgehead atoms. The van der Waals surface area contributed by atoms with Crippen LogP contribution in [-0.4, -0.2) is 50.2 Å². The Morgan fingerprint density at radius 3 is 2.70 bits per heavy atom. The van der Waals surface area contributed by atoms with Gasteiger partial charge in [0.25, 0.3) is 0 Å². The lowest BCUT2D eigenvalue weighted by Crippen LogP contribution is -2.41. The van der Waals surface area contributed by atoms with Gasteiger partial charge in [0.1, 0.15) is 5.75 Å². The maximum Gasteiger partial charge on any atom is 0.121 e. The third kappa shape index (κ3) is 4.53. The van der Waals surface area contributed by atoms with Crippen molar-refractivity contribution >= 4 is 6.08 Å². The van der Waals surface area contributed by atoms with E-state index in [0.29, 0.717) is 18.4 Å². The fraction of sp³-hybridized carbons (Fsp3) is 0.682. The van der Waals surface area contributed by atoms with E-state index >= 15 is 0 Å². The van der Waals surface area contributed by atoms with Crippen LogP contribution < -0.4 is 20.6 Å². The fourth-order valence-corrected chi connectivity index (χ4v) is 4.65. The summed E-state index contributed by atoms with van der Waals surface area (Å²) in [6.07, 6.45) is 8.27. The molecule has 1 unspecified atom stereocenters. The number of nitrogens with one attached hydrogen (secondary N) is 1. The molecule has 3 aliphatic rings. The number of ether oxygens (including phenoxy) is 2. The zero-order valence-electron chi connectivity index (χ0n) is 16.3. The number of aliphatic hydroxyl groups is 1. The average molecular weight is 373 g/mol. The van der Waals surface area contributed by atoms with E-state index in [0.717, 1.165) is 56.5 Å². The average Bonchev–Trinajstić information content (AvgIpc) is 3.12. The number of rotatable bonds is 6. The van der Waals surface area contributed by atoms with Crippen LogP contribution in [0.25, 0.3) is 6.08 Å². The highest BCUT2D eigenvalue weighted by atomic mass is 16.5. The Kier molecular flexibility index (Phi) is 5.81. The molecule has 1 aliphatic carbocycles. The van der Waals surface area contributed by atoms with Crippen LogP contribution in [0.15, 0.2) is 23.2 Å². The van der Waals surface area contributed by atoms with Gasteiger partial charge in [-0.1, -0.05) is 6.08 Å². The normalized spacial score (nSPS) is 31.0. The monoisotopic (exact) mass is 372 g/mol. The predicted octanol–water partition coefficient (Wildman–Crippen LogP) is 1.41. The second kappa shape index (κ2) is 8.29. The Morgan fingerprint density at radius 1 is 1.19 bits per heavy atom. The lowest BCUT2D eigenvalue weighted by atomic mass is 9.76. The van der Waals surface area contributed by atoms with Crippen molar-refractivity contribution in [2.75, 3.05) is 33.4 Å². The number of hydrogen-bond donors (Lipinski definition) is 2. The highest BCUT2D eigenvalue weighted by Gasteiger charge is 2.36. The van der Waals surface area contributed by atoms with Crippen molar-refractivity contribution in [3.63, 3.8) is 0 Å². The van der Waals surface area contributed by atoms with Crippen LogP contribution in [0, 0.1) is 11.8 Å². The second-order valence-electron chi connectivity index (χ2n) is 8.48. The van der Waals surface area contributed by atoms with Crippen molar-refractivity contribution in [3.8, 4) is 5.75 Å². The Labute approximate surface area is 161 Å². The van der Waals surface area contributed by atoms with E-state index in [1.807, 2.05) is 12.1 Å². The molecule has 0 spiro atoms. The Bertz CT molecular complexity index is 749. The molecule has 0 aromatic heterocycles. The lowest BCUT2D eigenvalue weighted by Gasteiger charge is -2.37. The molecule has 0 amide bonds. The van der Waals surface area contributed by atoms with Crippen molar-refractivity contribution < 1.29 is 14.6 Å². The van der Waals surface area contributed by atoms with Crippen LogP contribution in [0.1, 0.15) is 38.5 Å². The Balaban J connectivity index is 1.27. The van der Waals surface area contributed by atoms with E-state index in [-0.39, 0.29) is 6.04 Å². The fourth-order valence-electron chi connectivity index (χ4n) is 4.65.